The van der Waals surface area contributed by atoms with Crippen molar-refractivity contribution in [3.05, 3.63) is 12.3 Å². The molecule has 0 rings (SSSR count). The van der Waals surface area contributed by atoms with Crippen molar-refractivity contribution in [2.45, 2.75) is 13.8 Å². The number of carbonyl (C=O) groups excluding carboxylic acids is 1. The summed E-state index contributed by atoms with van der Waals surface area (Å²) in [6, 6.07) is 0. The molecule has 0 saturated heterocycles. The smallest absolute Gasteiger partial charge is 0.189 e. The second kappa shape index (κ2) is 3.50. The molecule has 0 aromatic rings. The first-order valence-electron chi connectivity index (χ1n) is 4.36. The number of hydrogen-bond acceptors (Lipinski definition) is 2. The van der Waals surface area contributed by atoms with E-state index < -0.39 is 5.41 Å². The molecule has 0 fully saturated rings. The van der Waals surface area contributed by atoms with Crippen molar-refractivity contribution in [2.75, 3.05) is 27.7 Å². The van der Waals surface area contributed by atoms with Gasteiger partial charge in [0.25, 0.3) is 0 Å². The maximum Gasteiger partial charge on any atom is 0.189 e. The summed E-state index contributed by atoms with van der Waals surface area (Å²) in [5.74, 6) is -0.0550. The Bertz CT molecular complexity index is 224. The van der Waals surface area contributed by atoms with Crippen molar-refractivity contribution in [2.24, 2.45) is 11.1 Å². The van der Waals surface area contributed by atoms with Gasteiger partial charge in [-0.15, -0.1) is 0 Å². The van der Waals surface area contributed by atoms with E-state index in [9.17, 15) is 4.79 Å². The van der Waals surface area contributed by atoms with Crippen molar-refractivity contribution in [3.63, 3.8) is 0 Å². The molecule has 76 valence electrons. The molecule has 0 aliphatic carbocycles. The lowest BCUT2D eigenvalue weighted by molar-refractivity contribution is -0.875. The summed E-state index contributed by atoms with van der Waals surface area (Å²) in [5.41, 5.74) is 5.11. The molecular formula is C10H21N2O+. The molecule has 2 N–H and O–H groups in total. The fourth-order valence-electron chi connectivity index (χ4n) is 1.69. The van der Waals surface area contributed by atoms with Crippen LogP contribution in [0.3, 0.4) is 0 Å². The van der Waals surface area contributed by atoms with Crippen LogP contribution in [0.5, 0.6) is 0 Å². The average molecular weight is 185 g/mol. The Morgan fingerprint density at radius 3 is 2.00 bits per heavy atom. The van der Waals surface area contributed by atoms with Gasteiger partial charge < -0.3 is 10.2 Å². The number of carbonyl (C=O) groups is 1. The van der Waals surface area contributed by atoms with Crippen LogP contribution in [0.2, 0.25) is 0 Å². The number of nitrogens with zero attached hydrogens (tertiary/aromatic N) is 1. The van der Waals surface area contributed by atoms with Crippen LogP contribution in [0.1, 0.15) is 13.8 Å². The summed E-state index contributed by atoms with van der Waals surface area (Å²) in [7, 11) is 6.15. The summed E-state index contributed by atoms with van der Waals surface area (Å²) in [5, 5.41) is 0. The van der Waals surface area contributed by atoms with Crippen molar-refractivity contribution in [1.29, 1.82) is 0 Å². The summed E-state index contributed by atoms with van der Waals surface area (Å²) in [4.78, 5) is 11.6. The minimum Gasteiger partial charge on any atom is -0.396 e. The predicted octanol–water partition coefficient (Wildman–Crippen LogP) is 0.760. The van der Waals surface area contributed by atoms with Crippen LogP contribution < -0.4 is 5.73 Å². The number of ketones is 1. The van der Waals surface area contributed by atoms with Crippen molar-refractivity contribution in [1.82, 2.24) is 0 Å². The highest BCUT2D eigenvalue weighted by Gasteiger charge is 2.34. The summed E-state index contributed by atoms with van der Waals surface area (Å²) in [6.07, 6.45) is 0. The van der Waals surface area contributed by atoms with E-state index in [4.69, 9.17) is 5.73 Å². The lowest BCUT2D eigenvalue weighted by Crippen LogP contribution is -2.46. The first-order valence-corrected chi connectivity index (χ1v) is 4.36. The lowest BCUT2D eigenvalue weighted by Gasteiger charge is -2.33. The Balaban J connectivity index is 4.59. The molecule has 3 heteroatoms. The van der Waals surface area contributed by atoms with Gasteiger partial charge in [-0.25, -0.2) is 0 Å². The number of hydrogen-bond donors (Lipinski definition) is 1. The van der Waals surface area contributed by atoms with Crippen LogP contribution in [0.25, 0.3) is 0 Å². The molecule has 0 bridgehead atoms. The van der Waals surface area contributed by atoms with Gasteiger partial charge in [0.1, 0.15) is 0 Å². The second-order valence-electron chi connectivity index (χ2n) is 5.19. The third-order valence-corrected chi connectivity index (χ3v) is 1.78. The van der Waals surface area contributed by atoms with E-state index in [1.165, 1.54) is 0 Å². The van der Waals surface area contributed by atoms with E-state index in [-0.39, 0.29) is 11.5 Å². The van der Waals surface area contributed by atoms with Crippen LogP contribution >= 0.6 is 0 Å². The summed E-state index contributed by atoms with van der Waals surface area (Å²) >= 11 is 0. The highest BCUT2D eigenvalue weighted by molar-refractivity contribution is 5.98. The zero-order valence-electron chi connectivity index (χ0n) is 9.35. The minimum atomic E-state index is -0.427. The zero-order chi connectivity index (χ0) is 10.9. The van der Waals surface area contributed by atoms with Crippen LogP contribution in [0, 0.1) is 5.41 Å². The predicted molar refractivity (Wildman–Crippen MR) is 55.0 cm³/mol. The normalized spacial score (nSPS) is 12.7. The Kier molecular flexibility index (Phi) is 3.28. The number of Topliss-reactive ketones (excluding diaryl/α,β-unsaturated/α-hetero) is 1. The molecule has 0 amide bonds. The Morgan fingerprint density at radius 1 is 1.38 bits per heavy atom. The molecule has 3 nitrogen and oxygen atoms in total. The molecule has 0 spiro atoms. The molecule has 13 heavy (non-hydrogen) atoms. The maximum absolute atomic E-state index is 11.6. The molecule has 0 aliphatic rings. The Labute approximate surface area is 80.8 Å². The number of nitrogens with two attached hydrogens (primary N) is 1. The maximum atomic E-state index is 11.6. The minimum absolute atomic E-state index is 0.0550. The Morgan fingerprint density at radius 2 is 1.77 bits per heavy atom. The van der Waals surface area contributed by atoms with Gasteiger partial charge in [0, 0.05) is 0 Å². The molecule has 0 aromatic carbocycles. The van der Waals surface area contributed by atoms with E-state index in [2.05, 4.69) is 6.58 Å². The highest BCUT2D eigenvalue weighted by atomic mass is 16.1. The quantitative estimate of drug-likeness (QED) is 0.519. The van der Waals surface area contributed by atoms with E-state index in [1.807, 2.05) is 35.0 Å². The fourth-order valence-corrected chi connectivity index (χ4v) is 1.69. The van der Waals surface area contributed by atoms with Gasteiger partial charge in [0.15, 0.2) is 5.78 Å². The summed E-state index contributed by atoms with van der Waals surface area (Å²) in [6.45, 7) is 8.02. The van der Waals surface area contributed by atoms with Crippen LogP contribution in [-0.4, -0.2) is 38.0 Å². The standard InChI is InChI=1S/C10H21N2O/c1-8(11)9(13)10(2,3)7-12(4,5)6/h1,7,11H2,2-6H3/q+1. The van der Waals surface area contributed by atoms with Crippen LogP contribution in [0.4, 0.5) is 0 Å². The van der Waals surface area contributed by atoms with E-state index in [1.54, 1.807) is 0 Å². The van der Waals surface area contributed by atoms with Gasteiger partial charge in [-0.05, 0) is 13.8 Å². The molecule has 0 heterocycles. The van der Waals surface area contributed by atoms with E-state index >= 15 is 0 Å². The molecule has 0 aromatic heterocycles. The first-order chi connectivity index (χ1) is 5.56. The van der Waals surface area contributed by atoms with Crippen LogP contribution in [0.15, 0.2) is 12.3 Å². The van der Waals surface area contributed by atoms with Gasteiger partial charge in [-0.2, -0.15) is 0 Å². The van der Waals surface area contributed by atoms with E-state index in [0.717, 1.165) is 11.0 Å². The largest absolute Gasteiger partial charge is 0.396 e. The molecular weight excluding hydrogens is 164 g/mol. The molecule has 0 unspecified atom stereocenters. The average Bonchev–Trinajstić information content (AvgIpc) is 1.80. The topological polar surface area (TPSA) is 43.1 Å². The van der Waals surface area contributed by atoms with E-state index in [0.29, 0.717) is 0 Å². The first kappa shape index (κ1) is 12.2. The number of rotatable bonds is 4. The SMILES string of the molecule is C=C(N)C(=O)C(C)(C)C[N+](C)(C)C. The van der Waals surface area contributed by atoms with Crippen molar-refractivity contribution < 1.29 is 9.28 Å². The second-order valence-corrected chi connectivity index (χ2v) is 5.19. The number of quaternary nitrogens is 1. The van der Waals surface area contributed by atoms with Gasteiger partial charge in [0.05, 0.1) is 38.8 Å². The molecule has 0 radical (unpaired) electrons. The van der Waals surface area contributed by atoms with Crippen molar-refractivity contribution in [3.8, 4) is 0 Å². The molecule has 0 aliphatic heterocycles. The fraction of sp³-hybridized carbons (Fsp3) is 0.700. The van der Waals surface area contributed by atoms with Crippen molar-refractivity contribution >= 4 is 5.78 Å². The Hall–Kier alpha value is -0.830. The van der Waals surface area contributed by atoms with Gasteiger partial charge in [0.2, 0.25) is 0 Å². The van der Waals surface area contributed by atoms with Gasteiger partial charge in [-0.1, -0.05) is 6.58 Å². The third-order valence-electron chi connectivity index (χ3n) is 1.78. The number of allylic oxidation sites excluding steroid dienone is 1. The molecule has 0 saturated carbocycles. The van der Waals surface area contributed by atoms with Gasteiger partial charge in [-0.3, -0.25) is 4.79 Å². The van der Waals surface area contributed by atoms with Crippen LogP contribution in [-0.2, 0) is 4.79 Å². The zero-order valence-corrected chi connectivity index (χ0v) is 9.35. The third kappa shape index (κ3) is 4.08. The summed E-state index contributed by atoms with van der Waals surface area (Å²) < 4.78 is 0.742. The highest BCUT2D eigenvalue weighted by Crippen LogP contribution is 2.21. The molecule has 0 atom stereocenters. The lowest BCUT2D eigenvalue weighted by atomic mass is 9.85. The monoisotopic (exact) mass is 185 g/mol. The van der Waals surface area contributed by atoms with Gasteiger partial charge >= 0.3 is 0 Å².